The number of carbonyl (C=O) groups is 1. The Morgan fingerprint density at radius 3 is 2.36 bits per heavy atom. The first-order chi connectivity index (χ1) is 18.4. The van der Waals surface area contributed by atoms with E-state index >= 15 is 8.78 Å². The second-order valence-electron chi connectivity index (χ2n) is 10.7. The molecule has 10 heteroatoms. The smallest absolute Gasteiger partial charge is 0.413 e. The minimum atomic E-state index is -1.71. The van der Waals surface area contributed by atoms with E-state index in [0.29, 0.717) is 17.1 Å². The van der Waals surface area contributed by atoms with Crippen LogP contribution in [0.15, 0.2) is 60.7 Å². The lowest BCUT2D eigenvalue weighted by Crippen LogP contribution is -2.44. The van der Waals surface area contributed by atoms with Gasteiger partial charge in [0.15, 0.2) is 6.23 Å². The minimum Gasteiger partial charge on any atom is -0.429 e. The molecule has 0 unspecified atom stereocenters. The highest BCUT2D eigenvalue weighted by Gasteiger charge is 2.61. The maximum Gasteiger partial charge on any atom is 0.413 e. The highest BCUT2D eigenvalue weighted by molar-refractivity contribution is 6.31. The first-order valence-corrected chi connectivity index (χ1v) is 13.3. The predicted octanol–water partition coefficient (Wildman–Crippen LogP) is 8.45. The SMILES string of the molecule is CC(C)(C)C[C@H]1N[C@@H](OC(=O)Nc2ccc(Cl)cc2)[C@@H](c2cccc(Cl)c2F)[C@]1(C#N)c1ccc(Cl)cc1F. The van der Waals surface area contributed by atoms with Crippen LogP contribution in [-0.4, -0.2) is 18.4 Å². The minimum absolute atomic E-state index is 0.00438. The van der Waals surface area contributed by atoms with E-state index in [0.717, 1.165) is 6.07 Å². The maximum absolute atomic E-state index is 15.6. The van der Waals surface area contributed by atoms with E-state index in [4.69, 9.17) is 39.5 Å². The number of ether oxygens (including phenoxy) is 1. The molecule has 3 aromatic carbocycles. The summed E-state index contributed by atoms with van der Waals surface area (Å²) >= 11 is 18.1. The van der Waals surface area contributed by atoms with Crippen LogP contribution in [0, 0.1) is 28.4 Å². The van der Waals surface area contributed by atoms with Crippen LogP contribution in [-0.2, 0) is 10.2 Å². The molecule has 0 aromatic heterocycles. The highest BCUT2D eigenvalue weighted by Crippen LogP contribution is 2.53. The molecule has 1 aliphatic heterocycles. The zero-order valence-corrected chi connectivity index (χ0v) is 23.6. The average molecular weight is 593 g/mol. The number of carbonyl (C=O) groups excluding carboxylic acids is 1. The zero-order chi connectivity index (χ0) is 28.5. The molecule has 0 spiro atoms. The zero-order valence-electron chi connectivity index (χ0n) is 21.4. The first-order valence-electron chi connectivity index (χ1n) is 12.2. The molecule has 0 radical (unpaired) electrons. The van der Waals surface area contributed by atoms with Gasteiger partial charge < -0.3 is 4.74 Å². The van der Waals surface area contributed by atoms with Crippen molar-refractivity contribution in [2.45, 2.75) is 50.8 Å². The molecule has 4 atom stereocenters. The number of rotatable bonds is 5. The number of anilines is 1. The number of hydrogen-bond donors (Lipinski definition) is 2. The predicted molar refractivity (Wildman–Crippen MR) is 149 cm³/mol. The van der Waals surface area contributed by atoms with Gasteiger partial charge in [0.2, 0.25) is 0 Å². The third-order valence-corrected chi connectivity index (χ3v) is 7.51. The van der Waals surface area contributed by atoms with Gasteiger partial charge in [-0.1, -0.05) is 73.8 Å². The summed E-state index contributed by atoms with van der Waals surface area (Å²) in [5.41, 5.74) is -1.63. The summed E-state index contributed by atoms with van der Waals surface area (Å²) in [5, 5.41) is 17.1. The first kappa shape index (κ1) is 29.1. The van der Waals surface area contributed by atoms with Gasteiger partial charge in [0, 0.05) is 27.3 Å². The van der Waals surface area contributed by atoms with Gasteiger partial charge in [0.1, 0.15) is 17.0 Å². The molecule has 204 valence electrons. The van der Waals surface area contributed by atoms with E-state index in [1.807, 2.05) is 20.8 Å². The van der Waals surface area contributed by atoms with Crippen molar-refractivity contribution in [3.05, 3.63) is 98.5 Å². The Kier molecular flexibility index (Phi) is 8.44. The summed E-state index contributed by atoms with van der Waals surface area (Å²) in [6.07, 6.45) is -1.73. The topological polar surface area (TPSA) is 74.2 Å². The van der Waals surface area contributed by atoms with E-state index < -0.39 is 41.3 Å². The standard InChI is InChI=1S/C29H26Cl3F2N3O2/c1-28(2,3)14-23-29(15-35,20-12-9-17(31)13-22(20)33)24(19-5-4-6-21(32)25(19)34)26(37-23)39-27(38)36-18-10-7-16(30)8-11-18/h4-13,23-24,26,37H,14H2,1-3H3,(H,36,38)/t23-,24-,26+,29-/m1/s1. The Hall–Kier alpha value is -2.89. The fourth-order valence-electron chi connectivity index (χ4n) is 5.17. The van der Waals surface area contributed by atoms with Crippen LogP contribution in [0.1, 0.15) is 44.2 Å². The lowest BCUT2D eigenvalue weighted by atomic mass is 9.63. The van der Waals surface area contributed by atoms with E-state index in [2.05, 4.69) is 16.7 Å². The van der Waals surface area contributed by atoms with Gasteiger partial charge in [-0.3, -0.25) is 10.6 Å². The van der Waals surface area contributed by atoms with Crippen LogP contribution in [0.3, 0.4) is 0 Å². The summed E-state index contributed by atoms with van der Waals surface area (Å²) in [6, 6.07) is 16.3. The molecule has 0 aliphatic carbocycles. The third kappa shape index (κ3) is 6.00. The number of nitrogens with one attached hydrogen (secondary N) is 2. The monoisotopic (exact) mass is 591 g/mol. The Bertz CT molecular complexity index is 1420. The molecular formula is C29H26Cl3F2N3O2. The normalized spacial score (nSPS) is 22.8. The van der Waals surface area contributed by atoms with Crippen molar-refractivity contribution in [1.82, 2.24) is 5.32 Å². The molecule has 0 saturated carbocycles. The Morgan fingerprint density at radius 2 is 1.74 bits per heavy atom. The molecule has 1 fully saturated rings. The fraction of sp³-hybridized carbons (Fsp3) is 0.310. The van der Waals surface area contributed by atoms with Crippen molar-refractivity contribution in [2.24, 2.45) is 5.41 Å². The summed E-state index contributed by atoms with van der Waals surface area (Å²) < 4.78 is 37.0. The molecule has 1 saturated heterocycles. The highest BCUT2D eigenvalue weighted by atomic mass is 35.5. The molecule has 1 heterocycles. The van der Waals surface area contributed by atoms with E-state index in [-0.39, 0.29) is 26.6 Å². The molecule has 1 amide bonds. The van der Waals surface area contributed by atoms with Crippen LogP contribution >= 0.6 is 34.8 Å². The lowest BCUT2D eigenvalue weighted by molar-refractivity contribution is 0.0851. The Morgan fingerprint density at radius 1 is 1.08 bits per heavy atom. The van der Waals surface area contributed by atoms with E-state index in [1.54, 1.807) is 24.3 Å². The van der Waals surface area contributed by atoms with Gasteiger partial charge in [-0.05, 0) is 59.9 Å². The summed E-state index contributed by atoms with van der Waals surface area (Å²) in [7, 11) is 0. The maximum atomic E-state index is 15.6. The van der Waals surface area contributed by atoms with Crippen molar-refractivity contribution in [3.8, 4) is 6.07 Å². The Labute approximate surface area is 241 Å². The number of benzene rings is 3. The van der Waals surface area contributed by atoms with E-state index in [9.17, 15) is 10.1 Å². The molecule has 0 bridgehead atoms. The Balaban J connectivity index is 1.88. The molecule has 3 aromatic rings. The van der Waals surface area contributed by atoms with Gasteiger partial charge in [-0.25, -0.2) is 13.6 Å². The number of amides is 1. The second kappa shape index (κ2) is 11.3. The summed E-state index contributed by atoms with van der Waals surface area (Å²) in [5.74, 6) is -2.70. The molecular weight excluding hydrogens is 567 g/mol. The van der Waals surface area contributed by atoms with Crippen LogP contribution < -0.4 is 10.6 Å². The van der Waals surface area contributed by atoms with Crippen molar-refractivity contribution in [1.29, 1.82) is 5.26 Å². The molecule has 1 aliphatic rings. The van der Waals surface area contributed by atoms with Crippen molar-refractivity contribution in [3.63, 3.8) is 0 Å². The number of hydrogen-bond acceptors (Lipinski definition) is 4. The van der Waals surface area contributed by atoms with Crippen molar-refractivity contribution < 1.29 is 18.3 Å². The summed E-state index contributed by atoms with van der Waals surface area (Å²) in [4.78, 5) is 13.0. The lowest BCUT2D eigenvalue weighted by Gasteiger charge is -2.37. The largest absolute Gasteiger partial charge is 0.429 e. The van der Waals surface area contributed by atoms with Gasteiger partial charge in [-0.15, -0.1) is 0 Å². The quantitative estimate of drug-likeness (QED) is 0.312. The van der Waals surface area contributed by atoms with Crippen molar-refractivity contribution >= 4 is 46.6 Å². The number of nitriles is 1. The van der Waals surface area contributed by atoms with Gasteiger partial charge in [-0.2, -0.15) is 5.26 Å². The number of nitrogens with zero attached hydrogens (tertiary/aromatic N) is 1. The van der Waals surface area contributed by atoms with Crippen LogP contribution in [0.2, 0.25) is 15.1 Å². The third-order valence-electron chi connectivity index (χ3n) is 6.73. The molecule has 4 rings (SSSR count). The molecule has 2 N–H and O–H groups in total. The van der Waals surface area contributed by atoms with Crippen LogP contribution in [0.5, 0.6) is 0 Å². The molecule has 39 heavy (non-hydrogen) atoms. The van der Waals surface area contributed by atoms with Gasteiger partial charge in [0.05, 0.1) is 17.0 Å². The van der Waals surface area contributed by atoms with Crippen LogP contribution in [0.4, 0.5) is 19.3 Å². The van der Waals surface area contributed by atoms with Gasteiger partial charge in [0.25, 0.3) is 0 Å². The average Bonchev–Trinajstić information content (AvgIpc) is 3.13. The second-order valence-corrected chi connectivity index (χ2v) is 11.9. The van der Waals surface area contributed by atoms with Crippen molar-refractivity contribution in [2.75, 3.05) is 5.32 Å². The molecule has 5 nitrogen and oxygen atoms in total. The number of halogens is 5. The van der Waals surface area contributed by atoms with Crippen LogP contribution in [0.25, 0.3) is 0 Å². The fourth-order valence-corrected chi connectivity index (χ4v) is 5.64. The van der Waals surface area contributed by atoms with E-state index in [1.165, 1.54) is 30.3 Å². The summed E-state index contributed by atoms with van der Waals surface area (Å²) in [6.45, 7) is 5.89. The van der Waals surface area contributed by atoms with Gasteiger partial charge >= 0.3 is 6.09 Å².